The Morgan fingerprint density at radius 1 is 1.10 bits per heavy atom. The molecular formula is C13H25N3O4. The highest BCUT2D eigenvalue weighted by molar-refractivity contribution is 5.86. The van der Waals surface area contributed by atoms with Gasteiger partial charge in [-0.15, -0.1) is 0 Å². The minimum atomic E-state index is -1.08. The van der Waals surface area contributed by atoms with E-state index < -0.39 is 18.0 Å². The van der Waals surface area contributed by atoms with Gasteiger partial charge < -0.3 is 21.1 Å². The van der Waals surface area contributed by atoms with E-state index in [1.807, 2.05) is 20.8 Å². The predicted octanol–water partition coefficient (Wildman–Crippen LogP) is 0.557. The predicted molar refractivity (Wildman–Crippen MR) is 75.3 cm³/mol. The van der Waals surface area contributed by atoms with Crippen LogP contribution in [0.15, 0.2) is 0 Å². The molecule has 0 aliphatic heterocycles. The Kier molecular flexibility index (Phi) is 8.35. The highest BCUT2D eigenvalue weighted by atomic mass is 16.4. The smallest absolute Gasteiger partial charge is 0.326 e. The zero-order valence-corrected chi connectivity index (χ0v) is 12.5. The molecule has 0 spiro atoms. The van der Waals surface area contributed by atoms with E-state index in [1.54, 1.807) is 6.92 Å². The second-order valence-corrected chi connectivity index (χ2v) is 5.23. The zero-order chi connectivity index (χ0) is 15.7. The molecule has 0 aromatic carbocycles. The number of rotatable bonds is 8. The molecule has 0 radical (unpaired) electrons. The Morgan fingerprint density at radius 3 is 2.15 bits per heavy atom. The maximum absolute atomic E-state index is 11.6. The van der Waals surface area contributed by atoms with E-state index >= 15 is 0 Å². The van der Waals surface area contributed by atoms with Crippen molar-refractivity contribution in [2.24, 2.45) is 11.8 Å². The highest BCUT2D eigenvalue weighted by Crippen LogP contribution is 2.07. The normalized spacial score (nSPS) is 13.4. The fraction of sp³-hybridized carbons (Fsp3) is 0.769. The number of carboxylic acid groups (broad SMARTS) is 1. The van der Waals surface area contributed by atoms with Gasteiger partial charge in [-0.2, -0.15) is 0 Å². The summed E-state index contributed by atoms with van der Waals surface area (Å²) in [5.41, 5.74) is 0. The molecule has 0 saturated heterocycles. The summed E-state index contributed by atoms with van der Waals surface area (Å²) >= 11 is 0. The van der Waals surface area contributed by atoms with Crippen LogP contribution in [0.5, 0.6) is 0 Å². The van der Waals surface area contributed by atoms with Gasteiger partial charge in [0.15, 0.2) is 0 Å². The Hall–Kier alpha value is -1.79. The van der Waals surface area contributed by atoms with Crippen LogP contribution in [0.4, 0.5) is 4.79 Å². The third-order valence-corrected chi connectivity index (χ3v) is 2.88. The molecule has 0 aliphatic carbocycles. The second-order valence-electron chi connectivity index (χ2n) is 5.23. The molecule has 7 heteroatoms. The van der Waals surface area contributed by atoms with Crippen molar-refractivity contribution in [2.75, 3.05) is 13.1 Å². The van der Waals surface area contributed by atoms with Crippen molar-refractivity contribution < 1.29 is 19.5 Å². The van der Waals surface area contributed by atoms with Crippen molar-refractivity contribution >= 4 is 17.9 Å². The minimum Gasteiger partial charge on any atom is -0.480 e. The number of hydrogen-bond donors (Lipinski definition) is 4. The van der Waals surface area contributed by atoms with Gasteiger partial charge in [0.2, 0.25) is 5.91 Å². The fourth-order valence-corrected chi connectivity index (χ4v) is 1.42. The monoisotopic (exact) mass is 287 g/mol. The number of urea groups is 1. The number of hydrogen-bond acceptors (Lipinski definition) is 3. The molecule has 3 amide bonds. The molecular weight excluding hydrogens is 262 g/mol. The zero-order valence-electron chi connectivity index (χ0n) is 12.5. The van der Waals surface area contributed by atoms with E-state index in [4.69, 9.17) is 5.11 Å². The first kappa shape index (κ1) is 18.2. The maximum atomic E-state index is 11.6. The van der Waals surface area contributed by atoms with Crippen molar-refractivity contribution in [1.82, 2.24) is 16.0 Å². The summed E-state index contributed by atoms with van der Waals surface area (Å²) in [5, 5.41) is 16.4. The van der Waals surface area contributed by atoms with Gasteiger partial charge in [0.25, 0.3) is 0 Å². The number of amides is 3. The molecule has 0 fully saturated rings. The molecule has 2 atom stereocenters. The van der Waals surface area contributed by atoms with Crippen LogP contribution < -0.4 is 16.0 Å². The van der Waals surface area contributed by atoms with Crippen LogP contribution in [0, 0.1) is 11.8 Å². The standard InChI is InChI=1S/C13H25N3O4/c1-5-9(4)11(12(18)19)16-13(20)15-7-10(17)14-6-8(2)3/h8-9,11H,5-7H2,1-4H3,(H,14,17)(H,18,19)(H2,15,16,20)/t9?,11-/m0/s1. The summed E-state index contributed by atoms with van der Waals surface area (Å²) in [4.78, 5) is 34.0. The fourth-order valence-electron chi connectivity index (χ4n) is 1.42. The van der Waals surface area contributed by atoms with Gasteiger partial charge in [0.1, 0.15) is 6.04 Å². The molecule has 20 heavy (non-hydrogen) atoms. The third-order valence-electron chi connectivity index (χ3n) is 2.88. The summed E-state index contributed by atoms with van der Waals surface area (Å²) < 4.78 is 0. The maximum Gasteiger partial charge on any atom is 0.326 e. The molecule has 0 bridgehead atoms. The first-order valence-electron chi connectivity index (χ1n) is 6.81. The van der Waals surface area contributed by atoms with Gasteiger partial charge in [0, 0.05) is 6.54 Å². The minimum absolute atomic E-state index is 0.175. The van der Waals surface area contributed by atoms with E-state index in [-0.39, 0.29) is 18.4 Å². The van der Waals surface area contributed by atoms with Crippen LogP contribution in [0.3, 0.4) is 0 Å². The molecule has 0 saturated carbocycles. The molecule has 1 unspecified atom stereocenters. The first-order valence-corrected chi connectivity index (χ1v) is 6.81. The lowest BCUT2D eigenvalue weighted by molar-refractivity contribution is -0.140. The van der Waals surface area contributed by atoms with Gasteiger partial charge in [-0.1, -0.05) is 34.1 Å². The van der Waals surface area contributed by atoms with E-state index in [0.717, 1.165) is 0 Å². The largest absolute Gasteiger partial charge is 0.480 e. The number of carboxylic acids is 1. The van der Waals surface area contributed by atoms with Crippen LogP contribution in [-0.2, 0) is 9.59 Å². The average molecular weight is 287 g/mol. The topological polar surface area (TPSA) is 108 Å². The third kappa shape index (κ3) is 7.60. The van der Waals surface area contributed by atoms with E-state index in [2.05, 4.69) is 16.0 Å². The van der Waals surface area contributed by atoms with E-state index in [1.165, 1.54) is 0 Å². The molecule has 4 N–H and O–H groups in total. The Balaban J connectivity index is 4.14. The summed E-state index contributed by atoms with van der Waals surface area (Å²) in [5.74, 6) is -1.24. The Morgan fingerprint density at radius 2 is 1.70 bits per heavy atom. The number of carbonyl (C=O) groups is 3. The lowest BCUT2D eigenvalue weighted by Crippen LogP contribution is -2.50. The Bertz CT molecular complexity index is 345. The molecule has 0 rings (SSSR count). The lowest BCUT2D eigenvalue weighted by atomic mass is 9.99. The highest BCUT2D eigenvalue weighted by Gasteiger charge is 2.25. The van der Waals surface area contributed by atoms with Crippen molar-refractivity contribution in [3.8, 4) is 0 Å². The van der Waals surface area contributed by atoms with Gasteiger partial charge in [-0.05, 0) is 11.8 Å². The van der Waals surface area contributed by atoms with Crippen molar-refractivity contribution in [1.29, 1.82) is 0 Å². The van der Waals surface area contributed by atoms with Gasteiger partial charge >= 0.3 is 12.0 Å². The first-order chi connectivity index (χ1) is 9.27. The molecule has 0 heterocycles. The number of carbonyl (C=O) groups excluding carboxylic acids is 2. The quantitative estimate of drug-likeness (QED) is 0.523. The van der Waals surface area contributed by atoms with Gasteiger partial charge in [0.05, 0.1) is 6.54 Å². The van der Waals surface area contributed by atoms with Gasteiger partial charge in [-0.3, -0.25) is 4.79 Å². The molecule has 0 aromatic rings. The average Bonchev–Trinajstić information content (AvgIpc) is 2.38. The Labute approximate surface area is 119 Å². The van der Waals surface area contributed by atoms with Gasteiger partial charge in [-0.25, -0.2) is 9.59 Å². The number of nitrogens with one attached hydrogen (secondary N) is 3. The lowest BCUT2D eigenvalue weighted by Gasteiger charge is -2.20. The van der Waals surface area contributed by atoms with Crippen LogP contribution >= 0.6 is 0 Å². The molecule has 7 nitrogen and oxygen atoms in total. The summed E-state index contributed by atoms with van der Waals surface area (Å²) in [6, 6.07) is -1.61. The molecule has 0 aromatic heterocycles. The van der Waals surface area contributed by atoms with Crippen LogP contribution in [0.2, 0.25) is 0 Å². The van der Waals surface area contributed by atoms with Crippen LogP contribution in [-0.4, -0.2) is 42.1 Å². The van der Waals surface area contributed by atoms with Crippen LogP contribution in [0.1, 0.15) is 34.1 Å². The van der Waals surface area contributed by atoms with Crippen molar-refractivity contribution in [3.05, 3.63) is 0 Å². The summed E-state index contributed by atoms with van der Waals surface area (Å²) in [7, 11) is 0. The second kappa shape index (κ2) is 9.17. The molecule has 116 valence electrons. The summed E-state index contributed by atoms with van der Waals surface area (Å²) in [6.45, 7) is 7.88. The van der Waals surface area contributed by atoms with Crippen LogP contribution in [0.25, 0.3) is 0 Å². The van der Waals surface area contributed by atoms with Crippen molar-refractivity contribution in [3.63, 3.8) is 0 Å². The summed E-state index contributed by atoms with van der Waals surface area (Å²) in [6.07, 6.45) is 0.631. The van der Waals surface area contributed by atoms with Crippen molar-refractivity contribution in [2.45, 2.75) is 40.2 Å². The SMILES string of the molecule is CCC(C)[C@H](NC(=O)NCC(=O)NCC(C)C)C(=O)O. The molecule has 0 aliphatic rings. The number of aliphatic carboxylic acids is 1. The van der Waals surface area contributed by atoms with E-state index in [0.29, 0.717) is 18.9 Å². The van der Waals surface area contributed by atoms with E-state index in [9.17, 15) is 14.4 Å².